The SMILES string of the molecule is CCCCCCCCC(O)CCCCCC.[CH2-]CCCCCN(CCCCCCO)CCCCCCOC(=O)C(CCCCCC)CCCCCCCC.[W]. The maximum Gasteiger partial charge on any atom is 0.308 e. The first-order chi connectivity index (χ1) is 26.5. The van der Waals surface area contributed by atoms with Crippen molar-refractivity contribution in [3.63, 3.8) is 0 Å². The first-order valence-corrected chi connectivity index (χ1v) is 24.5. The van der Waals surface area contributed by atoms with E-state index in [-0.39, 0.29) is 39.1 Å². The summed E-state index contributed by atoms with van der Waals surface area (Å²) < 4.78 is 5.77. The number of aliphatic hydroxyl groups is 2. The van der Waals surface area contributed by atoms with E-state index in [0.29, 0.717) is 13.2 Å². The van der Waals surface area contributed by atoms with E-state index < -0.39 is 0 Å². The summed E-state index contributed by atoms with van der Waals surface area (Å²) in [6, 6.07) is 0. The van der Waals surface area contributed by atoms with Gasteiger partial charge < -0.3 is 26.8 Å². The fraction of sp³-hybridized carbons (Fsp3) is 0.959. The van der Waals surface area contributed by atoms with Gasteiger partial charge in [-0.15, -0.1) is 0 Å². The van der Waals surface area contributed by atoms with E-state index in [0.717, 1.165) is 64.2 Å². The van der Waals surface area contributed by atoms with Crippen molar-refractivity contribution in [2.24, 2.45) is 5.92 Å². The Balaban J connectivity index is -0.00000133. The number of esters is 1. The van der Waals surface area contributed by atoms with E-state index in [2.05, 4.69) is 39.5 Å². The first-order valence-electron chi connectivity index (χ1n) is 24.5. The zero-order chi connectivity index (χ0) is 40.0. The topological polar surface area (TPSA) is 70.0 Å². The molecular formula is C49H100NO4W-. The van der Waals surface area contributed by atoms with E-state index in [1.807, 2.05) is 0 Å². The monoisotopic (exact) mass is 951 g/mol. The Morgan fingerprint density at radius 1 is 0.491 bits per heavy atom. The number of carbonyl (C=O) groups excluding carboxylic acids is 1. The van der Waals surface area contributed by atoms with Gasteiger partial charge in [0.1, 0.15) is 0 Å². The van der Waals surface area contributed by atoms with Crippen LogP contribution in [0.15, 0.2) is 0 Å². The molecule has 2 N–H and O–H groups in total. The minimum atomic E-state index is -0.0250. The average Bonchev–Trinajstić information content (AvgIpc) is 3.18. The van der Waals surface area contributed by atoms with Crippen LogP contribution >= 0.6 is 0 Å². The third kappa shape index (κ3) is 48.3. The second kappa shape index (κ2) is 52.1. The molecule has 0 rings (SSSR count). The average molecular weight is 951 g/mol. The van der Waals surface area contributed by atoms with Crippen molar-refractivity contribution in [3.05, 3.63) is 6.92 Å². The van der Waals surface area contributed by atoms with Gasteiger partial charge in [0, 0.05) is 27.7 Å². The van der Waals surface area contributed by atoms with Crippen LogP contribution < -0.4 is 0 Å². The second-order valence-electron chi connectivity index (χ2n) is 16.6. The molecule has 2 atom stereocenters. The summed E-state index contributed by atoms with van der Waals surface area (Å²) in [7, 11) is 0. The van der Waals surface area contributed by atoms with Crippen molar-refractivity contribution in [1.82, 2.24) is 4.90 Å². The van der Waals surface area contributed by atoms with Crippen LogP contribution in [0.3, 0.4) is 0 Å². The molecule has 0 heterocycles. The van der Waals surface area contributed by atoms with Crippen molar-refractivity contribution >= 4 is 5.97 Å². The molecule has 0 saturated heterocycles. The molecule has 0 spiro atoms. The van der Waals surface area contributed by atoms with Gasteiger partial charge in [0.05, 0.1) is 18.6 Å². The van der Waals surface area contributed by atoms with Gasteiger partial charge in [-0.1, -0.05) is 195 Å². The number of aliphatic hydroxyl groups excluding tert-OH is 2. The van der Waals surface area contributed by atoms with Crippen molar-refractivity contribution in [2.75, 3.05) is 32.8 Å². The summed E-state index contributed by atoms with van der Waals surface area (Å²) in [5.74, 6) is 0.192. The van der Waals surface area contributed by atoms with Crippen LogP contribution in [-0.2, 0) is 30.6 Å². The van der Waals surface area contributed by atoms with E-state index in [4.69, 9.17) is 9.84 Å². The molecule has 0 bridgehead atoms. The van der Waals surface area contributed by atoms with Crippen LogP contribution in [-0.4, -0.2) is 60.0 Å². The van der Waals surface area contributed by atoms with Gasteiger partial charge in [0.2, 0.25) is 0 Å². The van der Waals surface area contributed by atoms with E-state index >= 15 is 0 Å². The smallest absolute Gasteiger partial charge is 0.308 e. The third-order valence-corrected chi connectivity index (χ3v) is 11.1. The molecule has 0 aliphatic heterocycles. The molecule has 0 aromatic carbocycles. The molecule has 0 aromatic rings. The fourth-order valence-corrected chi connectivity index (χ4v) is 7.39. The number of carbonyl (C=O) groups is 1. The zero-order valence-electron chi connectivity index (χ0n) is 37.9. The van der Waals surface area contributed by atoms with Crippen molar-refractivity contribution < 1.29 is 40.8 Å². The standard InChI is InChI=1S/C34H68NO3.C15H32O.W/c1-4-7-10-13-14-20-27-33(26-19-11-8-5-2)34(37)38-32-25-18-16-23-30-35(28-21-12-9-6-3)29-22-15-17-24-31-36;1-3-5-7-9-10-12-14-15(16)13-11-8-6-4-2;/h33,36H,3-32H2,1-2H3;15-16H,3-14H2,1-2H3;/q-1;;. The van der Waals surface area contributed by atoms with Gasteiger partial charge in [-0.3, -0.25) is 4.79 Å². The number of hydrogen-bond acceptors (Lipinski definition) is 5. The molecule has 5 nitrogen and oxygen atoms in total. The summed E-state index contributed by atoms with van der Waals surface area (Å²) >= 11 is 0. The molecule has 332 valence electrons. The largest absolute Gasteiger partial charge is 0.465 e. The molecule has 0 fully saturated rings. The minimum Gasteiger partial charge on any atom is -0.465 e. The predicted molar refractivity (Wildman–Crippen MR) is 238 cm³/mol. The summed E-state index contributed by atoms with van der Waals surface area (Å²) in [5, 5.41) is 18.7. The van der Waals surface area contributed by atoms with Gasteiger partial charge in [0.25, 0.3) is 0 Å². The van der Waals surface area contributed by atoms with E-state index in [1.54, 1.807) is 0 Å². The number of nitrogens with zero attached hydrogens (tertiary/aromatic N) is 1. The first kappa shape index (κ1) is 59.4. The molecule has 0 amide bonds. The Hall–Kier alpha value is 0.0383. The number of ether oxygens (including phenoxy) is 1. The van der Waals surface area contributed by atoms with Crippen LogP contribution in [0.1, 0.15) is 259 Å². The van der Waals surface area contributed by atoms with Gasteiger partial charge in [0.15, 0.2) is 0 Å². The summed E-state index contributed by atoms with van der Waals surface area (Å²) in [6.07, 6.45) is 43.7. The van der Waals surface area contributed by atoms with Crippen molar-refractivity contribution in [2.45, 2.75) is 265 Å². The van der Waals surface area contributed by atoms with Crippen LogP contribution in [0.5, 0.6) is 0 Å². The minimum absolute atomic E-state index is 0. The summed E-state index contributed by atoms with van der Waals surface area (Å²) in [5.41, 5.74) is 0. The molecule has 0 aliphatic rings. The van der Waals surface area contributed by atoms with Gasteiger partial charge in [-0.2, -0.15) is 6.42 Å². The Morgan fingerprint density at radius 3 is 1.27 bits per heavy atom. The maximum atomic E-state index is 12.8. The molecule has 6 heteroatoms. The molecule has 55 heavy (non-hydrogen) atoms. The van der Waals surface area contributed by atoms with Crippen LogP contribution in [0.4, 0.5) is 0 Å². The Kier molecular flexibility index (Phi) is 56.2. The normalized spacial score (nSPS) is 12.3. The van der Waals surface area contributed by atoms with Crippen LogP contribution in [0.2, 0.25) is 0 Å². The molecule has 0 aliphatic carbocycles. The summed E-state index contributed by atoms with van der Waals surface area (Å²) in [6.45, 7) is 17.4. The van der Waals surface area contributed by atoms with Gasteiger partial charge in [-0.05, 0) is 77.4 Å². The zero-order valence-corrected chi connectivity index (χ0v) is 40.9. The number of rotatable bonds is 43. The van der Waals surface area contributed by atoms with Crippen molar-refractivity contribution in [3.8, 4) is 0 Å². The Morgan fingerprint density at radius 2 is 0.836 bits per heavy atom. The van der Waals surface area contributed by atoms with Crippen molar-refractivity contribution in [1.29, 1.82) is 0 Å². The molecule has 0 radical (unpaired) electrons. The fourth-order valence-electron chi connectivity index (χ4n) is 7.39. The number of hydrogen-bond donors (Lipinski definition) is 2. The molecular weight excluding hydrogens is 850 g/mol. The third-order valence-electron chi connectivity index (χ3n) is 11.1. The van der Waals surface area contributed by atoms with Crippen LogP contribution in [0.25, 0.3) is 0 Å². The Bertz CT molecular complexity index is 696. The van der Waals surface area contributed by atoms with E-state index in [9.17, 15) is 9.90 Å². The number of unbranched alkanes of at least 4 members (excludes halogenated alkanes) is 25. The maximum absolute atomic E-state index is 12.8. The molecule has 0 aromatic heterocycles. The van der Waals surface area contributed by atoms with E-state index in [1.165, 1.54) is 187 Å². The molecule has 0 saturated carbocycles. The van der Waals surface area contributed by atoms with Gasteiger partial charge in [-0.25, -0.2) is 0 Å². The van der Waals surface area contributed by atoms with Crippen LogP contribution in [0, 0.1) is 12.8 Å². The quantitative estimate of drug-likeness (QED) is 0.0362. The molecule has 2 unspecified atom stereocenters. The predicted octanol–water partition coefficient (Wildman–Crippen LogP) is 14.7. The Labute approximate surface area is 360 Å². The second-order valence-corrected chi connectivity index (χ2v) is 16.6. The summed E-state index contributed by atoms with van der Waals surface area (Å²) in [4.78, 5) is 15.5. The van der Waals surface area contributed by atoms with Gasteiger partial charge >= 0.3 is 5.97 Å².